The number of nitrogens with zero attached hydrogens (tertiary/aromatic N) is 2. The molecule has 9 heteroatoms. The number of hydrogen-bond donors (Lipinski definition) is 2. The Kier molecular flexibility index (Phi) is 6.26. The van der Waals surface area contributed by atoms with Crippen LogP contribution in [-0.4, -0.2) is 33.6 Å². The lowest BCUT2D eigenvalue weighted by Crippen LogP contribution is -2.12. The van der Waals surface area contributed by atoms with Gasteiger partial charge in [-0.2, -0.15) is 0 Å². The van der Waals surface area contributed by atoms with Crippen molar-refractivity contribution in [2.75, 3.05) is 13.2 Å². The lowest BCUT2D eigenvalue weighted by molar-refractivity contribution is 0.0998. The Balaban J connectivity index is 1.70. The summed E-state index contributed by atoms with van der Waals surface area (Å²) in [5.74, 6) is 0.483. The zero-order chi connectivity index (χ0) is 22.0. The number of pyridine rings is 1. The number of halogens is 1. The van der Waals surface area contributed by atoms with Gasteiger partial charge in [0.25, 0.3) is 5.91 Å². The number of rotatable bonds is 8. The van der Waals surface area contributed by atoms with Gasteiger partial charge >= 0.3 is 0 Å². The van der Waals surface area contributed by atoms with Crippen molar-refractivity contribution in [3.8, 4) is 22.1 Å². The standard InChI is InChI=1S/C22H20BrN3O4S/c1-13(15-4-2-3-5-16(15)23)30-18-10-19(31-21(18)22(24)28)17-11-25-20-7-6-14(12-26(17)20)29-9-8-27/h2-7,10-13,27H,8-9H2,1H3,(H2,24,28)/t13-/m1/s1. The molecule has 0 radical (unpaired) electrons. The lowest BCUT2D eigenvalue weighted by atomic mass is 10.1. The number of hydrogen-bond acceptors (Lipinski definition) is 6. The van der Waals surface area contributed by atoms with E-state index in [0.717, 1.165) is 26.3 Å². The number of carbonyl (C=O) groups excluding carboxylic acids is 1. The van der Waals surface area contributed by atoms with Crippen LogP contribution in [-0.2, 0) is 0 Å². The quantitative estimate of drug-likeness (QED) is 0.371. The molecule has 0 unspecified atom stereocenters. The third-order valence-corrected chi connectivity index (χ3v) is 6.54. The maximum absolute atomic E-state index is 12.1. The number of carbonyl (C=O) groups is 1. The highest BCUT2D eigenvalue weighted by molar-refractivity contribution is 9.10. The molecule has 3 heterocycles. The molecule has 160 valence electrons. The van der Waals surface area contributed by atoms with E-state index in [2.05, 4.69) is 20.9 Å². The number of benzene rings is 1. The Hall–Kier alpha value is -2.88. The summed E-state index contributed by atoms with van der Waals surface area (Å²) in [7, 11) is 0. The van der Waals surface area contributed by atoms with Crippen molar-refractivity contribution in [2.24, 2.45) is 5.73 Å². The minimum absolute atomic E-state index is 0.0713. The van der Waals surface area contributed by atoms with Crippen molar-refractivity contribution in [3.05, 3.63) is 69.8 Å². The Morgan fingerprint density at radius 2 is 2.13 bits per heavy atom. The van der Waals surface area contributed by atoms with E-state index in [-0.39, 0.29) is 19.3 Å². The first-order valence-corrected chi connectivity index (χ1v) is 11.1. The molecular formula is C22H20BrN3O4S. The normalized spacial score (nSPS) is 12.1. The van der Waals surface area contributed by atoms with Crippen molar-refractivity contribution in [1.82, 2.24) is 9.38 Å². The van der Waals surface area contributed by atoms with Crippen LogP contribution in [0.1, 0.15) is 28.3 Å². The second-order valence-electron chi connectivity index (χ2n) is 6.76. The minimum atomic E-state index is -0.550. The number of amides is 1. The first-order chi connectivity index (χ1) is 15.0. The Bertz CT molecular complexity index is 1240. The highest BCUT2D eigenvalue weighted by Crippen LogP contribution is 2.39. The third kappa shape index (κ3) is 4.43. The first-order valence-electron chi connectivity index (χ1n) is 9.53. The van der Waals surface area contributed by atoms with E-state index in [0.29, 0.717) is 16.4 Å². The van der Waals surface area contributed by atoms with Gasteiger partial charge < -0.3 is 20.3 Å². The number of imidazole rings is 1. The molecule has 3 N–H and O–H groups in total. The zero-order valence-electron chi connectivity index (χ0n) is 16.6. The monoisotopic (exact) mass is 501 g/mol. The van der Waals surface area contributed by atoms with Crippen LogP contribution in [0, 0.1) is 0 Å². The van der Waals surface area contributed by atoms with Gasteiger partial charge in [0.05, 0.1) is 29.6 Å². The van der Waals surface area contributed by atoms with E-state index in [1.54, 1.807) is 18.5 Å². The van der Waals surface area contributed by atoms with Crippen LogP contribution in [0.4, 0.5) is 0 Å². The molecule has 0 spiro atoms. The SMILES string of the molecule is C[C@@H](Oc1cc(-c2cnc3ccc(OCCO)cn23)sc1C(N)=O)c1ccccc1Br. The summed E-state index contributed by atoms with van der Waals surface area (Å²) in [6, 6.07) is 13.2. The highest BCUT2D eigenvalue weighted by Gasteiger charge is 2.21. The molecule has 31 heavy (non-hydrogen) atoms. The predicted molar refractivity (Wildman–Crippen MR) is 123 cm³/mol. The zero-order valence-corrected chi connectivity index (χ0v) is 19.0. The number of primary amides is 1. The van der Waals surface area contributed by atoms with Crippen LogP contribution in [0.25, 0.3) is 16.2 Å². The molecule has 7 nitrogen and oxygen atoms in total. The highest BCUT2D eigenvalue weighted by atomic mass is 79.9. The van der Waals surface area contributed by atoms with Gasteiger partial charge in [0, 0.05) is 16.1 Å². The van der Waals surface area contributed by atoms with Gasteiger partial charge in [-0.05, 0) is 25.1 Å². The van der Waals surface area contributed by atoms with Crippen LogP contribution < -0.4 is 15.2 Å². The van der Waals surface area contributed by atoms with Gasteiger partial charge in [-0.25, -0.2) is 4.98 Å². The molecule has 1 amide bonds. The van der Waals surface area contributed by atoms with E-state index in [4.69, 9.17) is 20.3 Å². The van der Waals surface area contributed by atoms with Crippen LogP contribution in [0.15, 0.2) is 59.3 Å². The summed E-state index contributed by atoms with van der Waals surface area (Å²) in [5.41, 5.74) is 8.10. The molecular weight excluding hydrogens is 482 g/mol. The molecule has 0 fully saturated rings. The number of fused-ring (bicyclic) bond motifs is 1. The topological polar surface area (TPSA) is 99.1 Å². The number of aliphatic hydroxyl groups excluding tert-OH is 1. The minimum Gasteiger partial charge on any atom is -0.490 e. The van der Waals surface area contributed by atoms with Crippen molar-refractivity contribution < 1.29 is 19.4 Å². The van der Waals surface area contributed by atoms with E-state index >= 15 is 0 Å². The Labute approximate surface area is 191 Å². The molecule has 4 rings (SSSR count). The smallest absolute Gasteiger partial charge is 0.262 e. The maximum Gasteiger partial charge on any atom is 0.262 e. The predicted octanol–water partition coefficient (Wildman–Crippen LogP) is 4.44. The molecule has 4 aromatic rings. The summed E-state index contributed by atoms with van der Waals surface area (Å²) in [5, 5.41) is 8.99. The number of aliphatic hydroxyl groups is 1. The van der Waals surface area contributed by atoms with Gasteiger partial charge in [-0.1, -0.05) is 34.1 Å². The molecule has 3 aromatic heterocycles. The second kappa shape index (κ2) is 9.09. The van der Waals surface area contributed by atoms with E-state index < -0.39 is 5.91 Å². The van der Waals surface area contributed by atoms with Gasteiger partial charge in [-0.15, -0.1) is 11.3 Å². The second-order valence-corrected chi connectivity index (χ2v) is 8.66. The fraction of sp³-hybridized carbons (Fsp3) is 0.182. The fourth-order valence-corrected chi connectivity index (χ4v) is 4.77. The maximum atomic E-state index is 12.1. The van der Waals surface area contributed by atoms with Crippen molar-refractivity contribution in [1.29, 1.82) is 0 Å². The molecule has 1 aromatic carbocycles. The van der Waals surface area contributed by atoms with E-state index in [1.165, 1.54) is 11.3 Å². The number of thiophene rings is 1. The average Bonchev–Trinajstić information content (AvgIpc) is 3.36. The summed E-state index contributed by atoms with van der Waals surface area (Å²) in [4.78, 5) is 17.7. The number of ether oxygens (including phenoxy) is 2. The molecule has 0 aliphatic rings. The van der Waals surface area contributed by atoms with Crippen molar-refractivity contribution >= 4 is 38.8 Å². The van der Waals surface area contributed by atoms with Gasteiger partial charge in [0.1, 0.15) is 34.7 Å². The molecule has 0 aliphatic carbocycles. The van der Waals surface area contributed by atoms with Crippen molar-refractivity contribution in [2.45, 2.75) is 13.0 Å². The van der Waals surface area contributed by atoms with Crippen LogP contribution >= 0.6 is 27.3 Å². The van der Waals surface area contributed by atoms with Gasteiger partial charge in [0.2, 0.25) is 0 Å². The largest absolute Gasteiger partial charge is 0.490 e. The molecule has 0 bridgehead atoms. The summed E-state index contributed by atoms with van der Waals surface area (Å²) in [6.45, 7) is 2.05. The Morgan fingerprint density at radius 1 is 1.32 bits per heavy atom. The Morgan fingerprint density at radius 3 is 2.87 bits per heavy atom. The summed E-state index contributed by atoms with van der Waals surface area (Å²) >= 11 is 4.79. The van der Waals surface area contributed by atoms with Gasteiger partial charge in [-0.3, -0.25) is 9.20 Å². The molecule has 0 saturated carbocycles. The summed E-state index contributed by atoms with van der Waals surface area (Å²) < 4.78 is 14.4. The van der Waals surface area contributed by atoms with Crippen LogP contribution in [0.5, 0.6) is 11.5 Å². The third-order valence-electron chi connectivity index (χ3n) is 4.66. The first kappa shape index (κ1) is 21.4. The molecule has 1 atom stereocenters. The lowest BCUT2D eigenvalue weighted by Gasteiger charge is -2.16. The summed E-state index contributed by atoms with van der Waals surface area (Å²) in [6.07, 6.45) is 3.22. The average molecular weight is 502 g/mol. The van der Waals surface area contributed by atoms with E-state index in [9.17, 15) is 4.79 Å². The van der Waals surface area contributed by atoms with Crippen LogP contribution in [0.2, 0.25) is 0 Å². The number of aromatic nitrogens is 2. The molecule has 0 aliphatic heterocycles. The van der Waals surface area contributed by atoms with Gasteiger partial charge in [0.15, 0.2) is 0 Å². The number of nitrogens with two attached hydrogens (primary N) is 1. The van der Waals surface area contributed by atoms with Crippen molar-refractivity contribution in [3.63, 3.8) is 0 Å². The van der Waals surface area contributed by atoms with E-state index in [1.807, 2.05) is 47.7 Å². The van der Waals surface area contributed by atoms with Crippen LogP contribution in [0.3, 0.4) is 0 Å². The molecule has 0 saturated heterocycles. The fourth-order valence-electron chi connectivity index (χ4n) is 3.21.